The number of para-hydroxylation sites is 1. The minimum atomic E-state index is -0.128. The van der Waals surface area contributed by atoms with Crippen LogP contribution in [0, 0.1) is 0 Å². The Morgan fingerprint density at radius 3 is 1.70 bits per heavy atom. The summed E-state index contributed by atoms with van der Waals surface area (Å²) in [4.78, 5) is 10.2. The van der Waals surface area contributed by atoms with Crippen molar-refractivity contribution < 1.29 is 5.11 Å². The zero-order valence-electron chi connectivity index (χ0n) is 32.0. The third kappa shape index (κ3) is 6.86. The second-order valence-corrected chi connectivity index (χ2v) is 18.0. The van der Waals surface area contributed by atoms with Gasteiger partial charge >= 0.3 is 0 Å². The van der Waals surface area contributed by atoms with Crippen molar-refractivity contribution in [1.29, 1.82) is 0 Å². The summed E-state index contributed by atoms with van der Waals surface area (Å²) in [5.41, 5.74) is 12.5. The van der Waals surface area contributed by atoms with Crippen LogP contribution in [0.4, 0.5) is 0 Å². The molecule has 50 heavy (non-hydrogen) atoms. The van der Waals surface area contributed by atoms with Crippen LogP contribution in [-0.2, 0) is 21.7 Å². The molecule has 2 heterocycles. The Kier molecular flexibility index (Phi) is 8.62. The van der Waals surface area contributed by atoms with E-state index in [0.717, 1.165) is 39.1 Å². The summed E-state index contributed by atoms with van der Waals surface area (Å²) >= 11 is 0. The normalized spacial score (nSPS) is 12.9. The first-order chi connectivity index (χ1) is 23.2. The maximum atomic E-state index is 11.3. The third-order valence-electron chi connectivity index (χ3n) is 9.77. The second kappa shape index (κ2) is 12.3. The number of hydrogen-bond acceptors (Lipinski definition) is 3. The number of rotatable bonds is 4. The van der Waals surface area contributed by atoms with Crippen LogP contribution in [0.2, 0.25) is 0 Å². The maximum absolute atomic E-state index is 11.3. The van der Waals surface area contributed by atoms with Gasteiger partial charge in [-0.15, -0.1) is 0 Å². The Labute approximate surface area is 299 Å². The number of imidazole rings is 1. The molecule has 0 aliphatic rings. The van der Waals surface area contributed by atoms with Crippen LogP contribution in [0.1, 0.15) is 105 Å². The Morgan fingerprint density at radius 1 is 0.520 bits per heavy atom. The molecule has 258 valence electrons. The first-order valence-corrected chi connectivity index (χ1v) is 17.8. The number of benzene rings is 4. The molecule has 6 aromatic rings. The summed E-state index contributed by atoms with van der Waals surface area (Å²) in [5, 5.41) is 11.3. The average Bonchev–Trinajstić information content (AvgIpc) is 3.42. The van der Waals surface area contributed by atoms with E-state index in [1.807, 2.05) is 24.4 Å². The number of fused-ring (bicyclic) bond motifs is 1. The highest BCUT2D eigenvalue weighted by Gasteiger charge is 2.27. The number of aromatic nitrogens is 3. The summed E-state index contributed by atoms with van der Waals surface area (Å²) in [7, 11) is 0. The molecular weight excluding hydrogens is 611 g/mol. The molecule has 0 unspecified atom stereocenters. The Hall–Kier alpha value is -4.70. The smallest absolute Gasteiger partial charge is 0.149 e. The minimum Gasteiger partial charge on any atom is -0.507 e. The van der Waals surface area contributed by atoms with E-state index in [1.165, 1.54) is 22.3 Å². The van der Waals surface area contributed by atoms with E-state index in [4.69, 9.17) is 9.97 Å². The SMILES string of the molecule is CC(C)(C)c1cc(-n2c(-c3ccccc3O)nc3c(-c4cccc(-c5cc(C(C)(C)C)ccn5)c4)cc(C(C)(C)C)cc32)cc(C(C)(C)C)c1. The van der Waals surface area contributed by atoms with E-state index >= 15 is 0 Å². The van der Waals surface area contributed by atoms with Crippen LogP contribution in [0.15, 0.2) is 97.2 Å². The van der Waals surface area contributed by atoms with Crippen LogP contribution in [0.3, 0.4) is 0 Å². The summed E-state index contributed by atoms with van der Waals surface area (Å²) in [6.45, 7) is 27.1. The molecule has 0 aliphatic carbocycles. The van der Waals surface area contributed by atoms with Crippen LogP contribution >= 0.6 is 0 Å². The summed E-state index contributed by atoms with van der Waals surface area (Å²) in [6, 6.07) is 32.1. The number of pyridine rings is 1. The molecule has 0 radical (unpaired) electrons. The van der Waals surface area contributed by atoms with E-state index in [2.05, 4.69) is 154 Å². The fraction of sp³-hybridized carbons (Fsp3) is 0.348. The number of phenols is 1. The molecule has 4 nitrogen and oxygen atoms in total. The zero-order chi connectivity index (χ0) is 36.4. The first-order valence-electron chi connectivity index (χ1n) is 17.8. The van der Waals surface area contributed by atoms with Crippen molar-refractivity contribution in [3.05, 3.63) is 119 Å². The van der Waals surface area contributed by atoms with Gasteiger partial charge in [-0.2, -0.15) is 0 Å². The van der Waals surface area contributed by atoms with Crippen molar-refractivity contribution in [3.8, 4) is 45.2 Å². The molecule has 4 heteroatoms. The van der Waals surface area contributed by atoms with Gasteiger partial charge in [0.15, 0.2) is 0 Å². The summed E-state index contributed by atoms with van der Waals surface area (Å²) < 4.78 is 2.27. The van der Waals surface area contributed by atoms with Crippen LogP contribution in [-0.4, -0.2) is 19.6 Å². The largest absolute Gasteiger partial charge is 0.507 e. The van der Waals surface area contributed by atoms with Crippen molar-refractivity contribution in [2.24, 2.45) is 0 Å². The van der Waals surface area contributed by atoms with Crippen molar-refractivity contribution >= 4 is 11.0 Å². The summed E-state index contributed by atoms with van der Waals surface area (Å²) in [5.74, 6) is 0.920. The van der Waals surface area contributed by atoms with Gasteiger partial charge in [-0.3, -0.25) is 9.55 Å². The first kappa shape index (κ1) is 35.1. The van der Waals surface area contributed by atoms with E-state index in [-0.39, 0.29) is 27.4 Å². The van der Waals surface area contributed by atoms with E-state index in [0.29, 0.717) is 11.4 Å². The quantitative estimate of drug-likeness (QED) is 0.204. The van der Waals surface area contributed by atoms with Gasteiger partial charge in [0.1, 0.15) is 11.6 Å². The predicted octanol–water partition coefficient (Wildman–Crippen LogP) is 12.3. The van der Waals surface area contributed by atoms with Crippen molar-refractivity contribution in [2.75, 3.05) is 0 Å². The highest BCUT2D eigenvalue weighted by Crippen LogP contribution is 2.42. The Bertz CT molecular complexity index is 2180. The van der Waals surface area contributed by atoms with Crippen LogP contribution < -0.4 is 0 Å². The lowest BCUT2D eigenvalue weighted by atomic mass is 9.80. The van der Waals surface area contributed by atoms with Crippen LogP contribution in [0.5, 0.6) is 5.75 Å². The molecular formula is C46H53N3O. The van der Waals surface area contributed by atoms with Gasteiger partial charge in [-0.05, 0) is 104 Å². The molecule has 0 fully saturated rings. The van der Waals surface area contributed by atoms with Gasteiger partial charge in [-0.25, -0.2) is 4.98 Å². The lowest BCUT2D eigenvalue weighted by Crippen LogP contribution is -2.17. The molecule has 0 saturated carbocycles. The lowest BCUT2D eigenvalue weighted by molar-refractivity contribution is 0.477. The van der Waals surface area contributed by atoms with E-state index in [1.54, 1.807) is 6.07 Å². The standard InChI is InChI=1S/C46H53N3O/c1-43(2,3)31-20-21-47-38(27-31)30-17-15-16-29(22-30)37-26-34(46(10,11)12)28-39-41(37)48-42(36-18-13-14-19-40(36)50)49(39)35-24-32(44(4,5)6)23-33(25-35)45(7,8)9/h13-28,50H,1-12H3. The fourth-order valence-corrected chi connectivity index (χ4v) is 6.44. The van der Waals surface area contributed by atoms with Gasteiger partial charge in [0.25, 0.3) is 0 Å². The Balaban J connectivity index is 1.71. The highest BCUT2D eigenvalue weighted by atomic mass is 16.3. The van der Waals surface area contributed by atoms with Crippen molar-refractivity contribution in [2.45, 2.75) is 105 Å². The second-order valence-electron chi connectivity index (χ2n) is 18.0. The molecule has 0 bridgehead atoms. The Morgan fingerprint density at radius 2 is 1.10 bits per heavy atom. The molecule has 0 aliphatic heterocycles. The fourth-order valence-electron chi connectivity index (χ4n) is 6.44. The third-order valence-corrected chi connectivity index (χ3v) is 9.77. The monoisotopic (exact) mass is 663 g/mol. The van der Waals surface area contributed by atoms with Gasteiger partial charge < -0.3 is 5.11 Å². The highest BCUT2D eigenvalue weighted by molar-refractivity contribution is 5.97. The van der Waals surface area contributed by atoms with Gasteiger partial charge in [0.2, 0.25) is 0 Å². The van der Waals surface area contributed by atoms with E-state index in [9.17, 15) is 5.11 Å². The number of aromatic hydroxyl groups is 1. The molecule has 0 atom stereocenters. The summed E-state index contributed by atoms with van der Waals surface area (Å²) in [6.07, 6.45) is 1.92. The predicted molar refractivity (Wildman–Crippen MR) is 212 cm³/mol. The minimum absolute atomic E-state index is 0.0197. The van der Waals surface area contributed by atoms with E-state index < -0.39 is 0 Å². The molecule has 0 saturated heterocycles. The molecule has 6 rings (SSSR count). The zero-order valence-corrected chi connectivity index (χ0v) is 32.0. The molecule has 1 N–H and O–H groups in total. The maximum Gasteiger partial charge on any atom is 0.149 e. The number of hydrogen-bond donors (Lipinski definition) is 1. The van der Waals surface area contributed by atoms with Crippen molar-refractivity contribution in [3.63, 3.8) is 0 Å². The van der Waals surface area contributed by atoms with Crippen molar-refractivity contribution in [1.82, 2.24) is 14.5 Å². The number of nitrogens with zero attached hydrogens (tertiary/aromatic N) is 3. The molecule has 4 aromatic carbocycles. The molecule has 0 amide bonds. The molecule has 0 spiro atoms. The average molecular weight is 664 g/mol. The lowest BCUT2D eigenvalue weighted by Gasteiger charge is -2.27. The van der Waals surface area contributed by atoms with Crippen LogP contribution in [0.25, 0.3) is 50.5 Å². The molecule has 2 aromatic heterocycles. The number of phenolic OH excluding ortho intramolecular Hbond substituents is 1. The van der Waals surface area contributed by atoms with Gasteiger partial charge in [0, 0.05) is 23.0 Å². The van der Waals surface area contributed by atoms with Gasteiger partial charge in [0.05, 0.1) is 22.3 Å². The van der Waals surface area contributed by atoms with Gasteiger partial charge in [-0.1, -0.05) is 119 Å². The topological polar surface area (TPSA) is 50.9 Å².